The van der Waals surface area contributed by atoms with Crippen molar-refractivity contribution >= 4 is 27.5 Å². The first kappa shape index (κ1) is 24.2. The predicted molar refractivity (Wildman–Crippen MR) is 129 cm³/mol. The molecule has 33 heavy (non-hydrogen) atoms. The van der Waals surface area contributed by atoms with E-state index in [0.717, 1.165) is 19.3 Å². The van der Waals surface area contributed by atoms with Gasteiger partial charge in [-0.3, -0.25) is 9.69 Å². The van der Waals surface area contributed by atoms with E-state index in [1.807, 2.05) is 18.2 Å². The van der Waals surface area contributed by atoms with Gasteiger partial charge in [-0.15, -0.1) is 11.6 Å². The number of nitrogens with two attached hydrogens (primary N) is 1. The number of hydrogen-bond acceptors (Lipinski definition) is 5. The molecule has 2 aromatic carbocycles. The van der Waals surface area contributed by atoms with Crippen LogP contribution in [0.5, 0.6) is 0 Å². The van der Waals surface area contributed by atoms with E-state index in [2.05, 4.69) is 10.2 Å². The zero-order valence-electron chi connectivity index (χ0n) is 18.6. The number of carbonyl (C=O) groups is 1. The van der Waals surface area contributed by atoms with Gasteiger partial charge in [-0.05, 0) is 43.5 Å². The second-order valence-electron chi connectivity index (χ2n) is 8.82. The Morgan fingerprint density at radius 1 is 1.03 bits per heavy atom. The number of benzene rings is 2. The van der Waals surface area contributed by atoms with Crippen LogP contribution in [0, 0.1) is 0 Å². The van der Waals surface area contributed by atoms with Crippen LogP contribution in [-0.2, 0) is 10.0 Å². The van der Waals surface area contributed by atoms with E-state index >= 15 is 0 Å². The first-order valence-corrected chi connectivity index (χ1v) is 13.3. The average Bonchev–Trinajstić information content (AvgIpc) is 2.85. The molecule has 0 spiro atoms. The van der Waals surface area contributed by atoms with Gasteiger partial charge in [-0.1, -0.05) is 42.8 Å². The maximum Gasteiger partial charge on any atom is 0.252 e. The lowest BCUT2D eigenvalue weighted by Crippen LogP contribution is -2.70. The summed E-state index contributed by atoms with van der Waals surface area (Å²) in [6.45, 7) is 1.80. The summed E-state index contributed by atoms with van der Waals surface area (Å²) in [4.78, 5) is 15.4. The number of nitrogens with one attached hydrogen (secondary N) is 1. The second-order valence-corrected chi connectivity index (χ2v) is 11.4. The Kier molecular flexibility index (Phi) is 7.40. The van der Waals surface area contributed by atoms with Crippen molar-refractivity contribution < 1.29 is 13.2 Å². The van der Waals surface area contributed by atoms with Gasteiger partial charge in [0.25, 0.3) is 5.91 Å². The van der Waals surface area contributed by atoms with Gasteiger partial charge in [-0.2, -0.15) is 4.31 Å². The van der Waals surface area contributed by atoms with E-state index < -0.39 is 21.7 Å². The maximum atomic E-state index is 13.0. The normalized spacial score (nSPS) is 25.9. The minimum Gasteiger partial charge on any atom is -0.335 e. The number of piperazine rings is 1. The molecule has 3 N–H and O–H groups in total. The summed E-state index contributed by atoms with van der Waals surface area (Å²) in [5.74, 6) is -0.218. The molecule has 1 aliphatic heterocycles. The van der Waals surface area contributed by atoms with Crippen LogP contribution in [0.25, 0.3) is 0 Å². The van der Waals surface area contributed by atoms with Gasteiger partial charge < -0.3 is 11.1 Å². The van der Waals surface area contributed by atoms with Gasteiger partial charge in [-0.25, -0.2) is 8.42 Å². The number of amides is 1. The Balaban J connectivity index is 1.50. The molecule has 1 saturated heterocycles. The zero-order chi connectivity index (χ0) is 23.5. The maximum absolute atomic E-state index is 13.0. The largest absolute Gasteiger partial charge is 0.335 e. The third-order valence-electron chi connectivity index (χ3n) is 6.85. The van der Waals surface area contributed by atoms with Crippen molar-refractivity contribution in [2.75, 3.05) is 26.2 Å². The molecule has 0 radical (unpaired) electrons. The van der Waals surface area contributed by atoms with Crippen LogP contribution in [0.2, 0.25) is 0 Å². The van der Waals surface area contributed by atoms with E-state index in [1.165, 1.54) is 4.31 Å². The monoisotopic (exact) mass is 490 g/mol. The number of hydrogen-bond donors (Lipinski definition) is 2. The third kappa shape index (κ3) is 5.10. The van der Waals surface area contributed by atoms with Crippen LogP contribution in [0.15, 0.2) is 65.6 Å². The smallest absolute Gasteiger partial charge is 0.252 e. The molecule has 2 fully saturated rings. The van der Waals surface area contributed by atoms with Crippen molar-refractivity contribution in [1.82, 2.24) is 14.5 Å². The lowest BCUT2D eigenvalue weighted by Gasteiger charge is -2.53. The molecule has 7 nitrogen and oxygen atoms in total. The summed E-state index contributed by atoms with van der Waals surface area (Å²) in [5.41, 5.74) is 6.70. The van der Waals surface area contributed by atoms with Crippen LogP contribution in [-0.4, -0.2) is 66.8 Å². The fourth-order valence-electron chi connectivity index (χ4n) is 5.05. The van der Waals surface area contributed by atoms with Crippen LogP contribution in [0.3, 0.4) is 0 Å². The van der Waals surface area contributed by atoms with Crippen molar-refractivity contribution in [3.63, 3.8) is 0 Å². The molecule has 9 heteroatoms. The highest BCUT2D eigenvalue weighted by Crippen LogP contribution is 2.38. The summed E-state index contributed by atoms with van der Waals surface area (Å²) in [6, 6.07) is 17.5. The number of halogens is 1. The van der Waals surface area contributed by atoms with E-state index in [-0.39, 0.29) is 11.3 Å². The fraction of sp³-hybridized carbons (Fsp3) is 0.458. The molecular weight excluding hydrogens is 460 g/mol. The van der Waals surface area contributed by atoms with Gasteiger partial charge in [0.2, 0.25) is 10.0 Å². The van der Waals surface area contributed by atoms with E-state index in [0.29, 0.717) is 43.1 Å². The molecule has 3 atom stereocenters. The molecule has 0 aromatic heterocycles. The minimum absolute atomic E-state index is 0.0375. The lowest BCUT2D eigenvalue weighted by molar-refractivity contribution is -0.00122. The summed E-state index contributed by atoms with van der Waals surface area (Å²) >= 11 is 6.60. The number of carbonyl (C=O) groups excluding carboxylic acids is 1. The van der Waals surface area contributed by atoms with E-state index in [1.54, 1.807) is 42.5 Å². The number of rotatable bonds is 6. The molecule has 4 rings (SSSR count). The number of sulfonamides is 1. The highest BCUT2D eigenvalue weighted by molar-refractivity contribution is 7.89. The Morgan fingerprint density at radius 3 is 2.24 bits per heavy atom. The summed E-state index contributed by atoms with van der Waals surface area (Å²) < 4.78 is 27.6. The van der Waals surface area contributed by atoms with E-state index in [4.69, 9.17) is 17.3 Å². The molecule has 0 bridgehead atoms. The topological polar surface area (TPSA) is 95.7 Å². The quantitative estimate of drug-likeness (QED) is 0.479. The van der Waals surface area contributed by atoms with Crippen LogP contribution >= 0.6 is 11.6 Å². The summed E-state index contributed by atoms with van der Waals surface area (Å²) in [7, 11) is -3.54. The van der Waals surface area contributed by atoms with Gasteiger partial charge in [0, 0.05) is 37.1 Å². The summed E-state index contributed by atoms with van der Waals surface area (Å²) in [5, 5.41) is 2.96. The lowest BCUT2D eigenvalue weighted by atomic mass is 9.77. The van der Waals surface area contributed by atoms with Crippen LogP contribution < -0.4 is 11.1 Å². The van der Waals surface area contributed by atoms with Crippen molar-refractivity contribution in [3.05, 3.63) is 66.2 Å². The molecule has 178 valence electrons. The highest BCUT2D eigenvalue weighted by Gasteiger charge is 2.47. The molecule has 3 unspecified atom stereocenters. The van der Waals surface area contributed by atoms with Crippen LogP contribution in [0.1, 0.15) is 36.0 Å². The van der Waals surface area contributed by atoms with Gasteiger partial charge in [0.15, 0.2) is 0 Å². The van der Waals surface area contributed by atoms with E-state index in [9.17, 15) is 13.2 Å². The molecule has 1 heterocycles. The predicted octanol–water partition coefficient (Wildman–Crippen LogP) is 2.63. The molecule has 2 aromatic rings. The first-order chi connectivity index (χ1) is 15.8. The van der Waals surface area contributed by atoms with Gasteiger partial charge in [0.1, 0.15) is 0 Å². The van der Waals surface area contributed by atoms with Crippen molar-refractivity contribution in [2.24, 2.45) is 5.73 Å². The third-order valence-corrected chi connectivity index (χ3v) is 9.14. The molecule has 2 aliphatic rings. The summed E-state index contributed by atoms with van der Waals surface area (Å²) in [6.07, 6.45) is 2.65. The molecular formula is C24H31ClN4O3S. The average molecular weight is 491 g/mol. The SMILES string of the molecule is NC(NC(=O)c1ccccc1)C1(N2CCN(S(=O)(=O)c3ccccc3)CC2)CCCC(Cl)C1. The van der Waals surface area contributed by atoms with Crippen LogP contribution in [0.4, 0.5) is 0 Å². The van der Waals surface area contributed by atoms with Gasteiger partial charge in [0.05, 0.1) is 16.6 Å². The Bertz CT molecular complexity index is 1050. The van der Waals surface area contributed by atoms with Crippen molar-refractivity contribution in [1.29, 1.82) is 0 Å². The Labute approximate surface area is 200 Å². The minimum atomic E-state index is -3.54. The van der Waals surface area contributed by atoms with Crippen molar-refractivity contribution in [3.8, 4) is 0 Å². The van der Waals surface area contributed by atoms with Gasteiger partial charge >= 0.3 is 0 Å². The molecule has 1 aliphatic carbocycles. The molecule has 1 saturated carbocycles. The second kappa shape index (κ2) is 10.1. The standard InChI is InChI=1S/C24H31ClN4O3S/c25-20-10-7-13-24(18-20,23(26)27-22(30)19-8-3-1-4-9-19)28-14-16-29(17-15-28)33(31,32)21-11-5-2-6-12-21/h1-6,8-9,11-12,20,23H,7,10,13-18,26H2,(H,27,30). The Hall–Kier alpha value is -1.97. The van der Waals surface area contributed by atoms with Crippen molar-refractivity contribution in [2.45, 2.75) is 47.7 Å². The number of nitrogens with zero attached hydrogens (tertiary/aromatic N) is 2. The highest BCUT2D eigenvalue weighted by atomic mass is 35.5. The molecule has 1 amide bonds. The fourth-order valence-corrected chi connectivity index (χ4v) is 6.91. The number of alkyl halides is 1. The zero-order valence-corrected chi connectivity index (χ0v) is 20.1. The Morgan fingerprint density at radius 2 is 1.64 bits per heavy atom. The first-order valence-electron chi connectivity index (χ1n) is 11.4.